The number of thioether (sulfide) groups is 1. The number of carboxylic acid groups (broad SMARTS) is 1. The smallest absolute Gasteiger partial charge is 0.305 e. The number of amides is 1. The van der Waals surface area contributed by atoms with Crippen LogP contribution in [0, 0.1) is 17.0 Å². The molecular weight excluding hydrogens is 308 g/mol. The molecule has 8 heteroatoms. The zero-order valence-electron chi connectivity index (χ0n) is 12.0. The van der Waals surface area contributed by atoms with Crippen LogP contribution in [0.4, 0.5) is 5.69 Å². The van der Waals surface area contributed by atoms with E-state index in [-0.39, 0.29) is 29.6 Å². The molecule has 0 radical (unpaired) electrons. The number of hydrogen-bond acceptors (Lipinski definition) is 5. The van der Waals surface area contributed by atoms with Crippen molar-refractivity contribution in [3.8, 4) is 0 Å². The molecule has 118 valence electrons. The van der Waals surface area contributed by atoms with Gasteiger partial charge in [0.1, 0.15) is 0 Å². The molecule has 0 bridgehead atoms. The number of aliphatic carboxylic acids is 1. The molecule has 0 spiro atoms. The normalized spacial score (nSPS) is 18.0. The van der Waals surface area contributed by atoms with Gasteiger partial charge in [0, 0.05) is 35.7 Å². The molecule has 1 N–H and O–H groups in total. The van der Waals surface area contributed by atoms with Gasteiger partial charge in [-0.2, -0.15) is 11.8 Å². The lowest BCUT2D eigenvalue weighted by molar-refractivity contribution is -0.384. The SMILES string of the molecule is Cc1ccc([N+](=O)[O-])cc1C(=O)N1CCSCC1CC(=O)O. The molecule has 1 amide bonds. The van der Waals surface area contributed by atoms with Gasteiger partial charge in [-0.15, -0.1) is 0 Å². The summed E-state index contributed by atoms with van der Waals surface area (Å²) in [5.74, 6) is -0.00389. The molecule has 1 saturated heterocycles. The molecule has 7 nitrogen and oxygen atoms in total. The maximum absolute atomic E-state index is 12.7. The van der Waals surface area contributed by atoms with Crippen molar-refractivity contribution < 1.29 is 19.6 Å². The van der Waals surface area contributed by atoms with Crippen LogP contribution in [0.25, 0.3) is 0 Å². The van der Waals surface area contributed by atoms with Crippen LogP contribution in [0.1, 0.15) is 22.3 Å². The first-order valence-electron chi connectivity index (χ1n) is 6.75. The summed E-state index contributed by atoms with van der Waals surface area (Å²) in [5.41, 5.74) is 0.759. The lowest BCUT2D eigenvalue weighted by Gasteiger charge is -2.35. The van der Waals surface area contributed by atoms with Gasteiger partial charge in [0.15, 0.2) is 0 Å². The molecular formula is C14H16N2O5S. The molecule has 1 aromatic rings. The maximum atomic E-state index is 12.7. The molecule has 1 aliphatic heterocycles. The molecule has 0 aliphatic carbocycles. The fourth-order valence-electron chi connectivity index (χ4n) is 2.40. The summed E-state index contributed by atoms with van der Waals surface area (Å²) in [6, 6.07) is 3.77. The van der Waals surface area contributed by atoms with Crippen molar-refractivity contribution in [2.75, 3.05) is 18.1 Å². The number of hydrogen-bond donors (Lipinski definition) is 1. The molecule has 2 rings (SSSR count). The van der Waals surface area contributed by atoms with Gasteiger partial charge in [0.2, 0.25) is 0 Å². The van der Waals surface area contributed by atoms with Crippen molar-refractivity contribution in [2.24, 2.45) is 0 Å². The summed E-state index contributed by atoms with van der Waals surface area (Å²) in [5, 5.41) is 19.8. The van der Waals surface area contributed by atoms with Crippen molar-refractivity contribution in [1.29, 1.82) is 0 Å². The van der Waals surface area contributed by atoms with Crippen LogP contribution in [-0.2, 0) is 4.79 Å². The lowest BCUT2D eigenvalue weighted by atomic mass is 10.0. The van der Waals surface area contributed by atoms with Gasteiger partial charge in [-0.25, -0.2) is 0 Å². The molecule has 22 heavy (non-hydrogen) atoms. The van der Waals surface area contributed by atoms with E-state index in [2.05, 4.69) is 0 Å². The summed E-state index contributed by atoms with van der Waals surface area (Å²) >= 11 is 1.61. The van der Waals surface area contributed by atoms with Crippen LogP contribution in [0.3, 0.4) is 0 Å². The van der Waals surface area contributed by atoms with Crippen molar-refractivity contribution in [1.82, 2.24) is 4.90 Å². The van der Waals surface area contributed by atoms with E-state index < -0.39 is 10.9 Å². The highest BCUT2D eigenvalue weighted by molar-refractivity contribution is 7.99. The van der Waals surface area contributed by atoms with Gasteiger partial charge in [-0.1, -0.05) is 6.07 Å². The van der Waals surface area contributed by atoms with Gasteiger partial charge in [0.05, 0.1) is 17.4 Å². The largest absolute Gasteiger partial charge is 0.481 e. The minimum atomic E-state index is -0.957. The first-order valence-corrected chi connectivity index (χ1v) is 7.91. The number of carbonyl (C=O) groups excluding carboxylic acids is 1. The van der Waals surface area contributed by atoms with E-state index in [1.54, 1.807) is 18.7 Å². The Morgan fingerprint density at radius 1 is 1.50 bits per heavy atom. The number of nitrogens with zero attached hydrogens (tertiary/aromatic N) is 2. The van der Waals surface area contributed by atoms with Crippen molar-refractivity contribution >= 4 is 29.3 Å². The van der Waals surface area contributed by atoms with Gasteiger partial charge in [-0.05, 0) is 12.5 Å². The van der Waals surface area contributed by atoms with Crippen LogP contribution in [0.15, 0.2) is 18.2 Å². The zero-order valence-corrected chi connectivity index (χ0v) is 12.8. The van der Waals surface area contributed by atoms with Crippen LogP contribution in [0.2, 0.25) is 0 Å². The van der Waals surface area contributed by atoms with Gasteiger partial charge >= 0.3 is 5.97 Å². The van der Waals surface area contributed by atoms with Crippen LogP contribution in [-0.4, -0.2) is 50.9 Å². The van der Waals surface area contributed by atoms with Crippen LogP contribution >= 0.6 is 11.8 Å². The first-order chi connectivity index (χ1) is 10.4. The number of aryl methyl sites for hydroxylation is 1. The van der Waals surface area contributed by atoms with E-state index >= 15 is 0 Å². The Kier molecular flexibility index (Phi) is 5.02. The second kappa shape index (κ2) is 6.78. The van der Waals surface area contributed by atoms with E-state index in [0.29, 0.717) is 17.9 Å². The van der Waals surface area contributed by atoms with Crippen molar-refractivity contribution in [2.45, 2.75) is 19.4 Å². The Morgan fingerprint density at radius 3 is 2.86 bits per heavy atom. The molecule has 0 aromatic heterocycles. The fraction of sp³-hybridized carbons (Fsp3) is 0.429. The lowest BCUT2D eigenvalue weighted by Crippen LogP contribution is -2.47. The quantitative estimate of drug-likeness (QED) is 0.671. The average molecular weight is 324 g/mol. The number of nitro groups is 1. The van der Waals surface area contributed by atoms with Crippen molar-refractivity contribution in [3.05, 3.63) is 39.4 Å². The zero-order chi connectivity index (χ0) is 16.3. The fourth-order valence-corrected chi connectivity index (χ4v) is 3.46. The average Bonchev–Trinajstić information content (AvgIpc) is 2.46. The molecule has 1 unspecified atom stereocenters. The van der Waals surface area contributed by atoms with Gasteiger partial charge in [-0.3, -0.25) is 19.7 Å². The van der Waals surface area contributed by atoms with Crippen LogP contribution < -0.4 is 0 Å². The highest BCUT2D eigenvalue weighted by Crippen LogP contribution is 2.24. The van der Waals surface area contributed by atoms with E-state index in [0.717, 1.165) is 5.75 Å². The summed E-state index contributed by atoms with van der Waals surface area (Å²) in [6.45, 7) is 2.16. The Labute approximate surface area is 131 Å². The third-order valence-corrected chi connectivity index (χ3v) is 4.65. The van der Waals surface area contributed by atoms with Crippen molar-refractivity contribution in [3.63, 3.8) is 0 Å². The van der Waals surface area contributed by atoms with Gasteiger partial charge in [0.25, 0.3) is 11.6 Å². The number of nitro benzene ring substituents is 1. The second-order valence-corrected chi connectivity index (χ2v) is 6.23. The monoisotopic (exact) mass is 324 g/mol. The van der Waals surface area contributed by atoms with E-state index in [1.165, 1.54) is 23.1 Å². The molecule has 1 heterocycles. The van der Waals surface area contributed by atoms with E-state index in [4.69, 9.17) is 5.11 Å². The highest BCUT2D eigenvalue weighted by Gasteiger charge is 2.30. The third kappa shape index (κ3) is 3.56. The topological polar surface area (TPSA) is 101 Å². The molecule has 1 fully saturated rings. The minimum absolute atomic E-state index is 0.118. The summed E-state index contributed by atoms with van der Waals surface area (Å²) in [4.78, 5) is 35.5. The number of rotatable bonds is 4. The van der Waals surface area contributed by atoms with E-state index in [1.807, 2.05) is 0 Å². The highest BCUT2D eigenvalue weighted by atomic mass is 32.2. The summed E-state index contributed by atoms with van der Waals surface area (Å²) < 4.78 is 0. The molecule has 0 saturated carbocycles. The number of carbonyl (C=O) groups is 2. The standard InChI is InChI=1S/C14H16N2O5S/c1-9-2-3-10(16(20)21)6-12(9)14(19)15-4-5-22-8-11(15)7-13(17)18/h2-3,6,11H,4-5,7-8H2,1H3,(H,17,18). The minimum Gasteiger partial charge on any atom is -0.481 e. The summed E-state index contributed by atoms with van der Waals surface area (Å²) in [7, 11) is 0. The number of benzene rings is 1. The molecule has 1 atom stereocenters. The summed E-state index contributed by atoms with van der Waals surface area (Å²) in [6.07, 6.45) is -0.118. The van der Waals surface area contributed by atoms with Crippen LogP contribution in [0.5, 0.6) is 0 Å². The predicted molar refractivity (Wildman–Crippen MR) is 82.2 cm³/mol. The third-order valence-electron chi connectivity index (χ3n) is 3.56. The Balaban J connectivity index is 2.30. The Hall–Kier alpha value is -2.09. The Morgan fingerprint density at radius 2 is 2.23 bits per heavy atom. The second-order valence-electron chi connectivity index (χ2n) is 5.08. The maximum Gasteiger partial charge on any atom is 0.305 e. The molecule has 1 aromatic carbocycles. The van der Waals surface area contributed by atoms with E-state index in [9.17, 15) is 19.7 Å². The number of carboxylic acids is 1. The molecule has 1 aliphatic rings. The Bertz CT molecular complexity index is 619. The number of non-ortho nitro benzene ring substituents is 1. The predicted octanol–water partition coefficient (Wildman–Crippen LogP) is 1.94. The first kappa shape index (κ1) is 16.3. The van der Waals surface area contributed by atoms with Gasteiger partial charge < -0.3 is 10.0 Å².